The average molecular weight is 404 g/mol. The zero-order chi connectivity index (χ0) is 21.5. The molecule has 0 saturated heterocycles. The highest BCUT2D eigenvalue weighted by atomic mass is 19.1. The van der Waals surface area contributed by atoms with Crippen molar-refractivity contribution in [3.63, 3.8) is 0 Å². The summed E-state index contributed by atoms with van der Waals surface area (Å²) in [5, 5.41) is 8.41. The SMILES string of the molecule is C=Cc1cc(F)ccc1Oc1ccc(C)cc1C(/C=C\C1=NN=CC(C)CC1)=NC. The fourth-order valence-electron chi connectivity index (χ4n) is 3.12. The van der Waals surface area contributed by atoms with E-state index in [2.05, 4.69) is 28.7 Å². The lowest BCUT2D eigenvalue weighted by Gasteiger charge is -2.14. The molecule has 2 aromatic carbocycles. The van der Waals surface area contributed by atoms with E-state index in [1.807, 2.05) is 43.5 Å². The number of ether oxygens (including phenoxy) is 1. The highest BCUT2D eigenvalue weighted by Gasteiger charge is 2.13. The topological polar surface area (TPSA) is 46.3 Å². The first-order valence-electron chi connectivity index (χ1n) is 9.96. The summed E-state index contributed by atoms with van der Waals surface area (Å²) in [4.78, 5) is 4.46. The van der Waals surface area contributed by atoms with Gasteiger partial charge in [-0.3, -0.25) is 4.99 Å². The average Bonchev–Trinajstić information content (AvgIpc) is 2.95. The van der Waals surface area contributed by atoms with Crippen LogP contribution in [-0.2, 0) is 0 Å². The highest BCUT2D eigenvalue weighted by molar-refractivity contribution is 6.13. The van der Waals surface area contributed by atoms with E-state index in [0.29, 0.717) is 23.0 Å². The summed E-state index contributed by atoms with van der Waals surface area (Å²) in [6.45, 7) is 7.90. The summed E-state index contributed by atoms with van der Waals surface area (Å²) in [5.74, 6) is 1.26. The number of halogens is 1. The zero-order valence-corrected chi connectivity index (χ0v) is 17.6. The molecular weight excluding hydrogens is 377 g/mol. The van der Waals surface area contributed by atoms with Crippen LogP contribution in [0.2, 0.25) is 0 Å². The quantitative estimate of drug-likeness (QED) is 0.515. The molecule has 0 fully saturated rings. The molecule has 1 aliphatic rings. The molecule has 0 bridgehead atoms. The van der Waals surface area contributed by atoms with Gasteiger partial charge in [-0.05, 0) is 68.2 Å². The van der Waals surface area contributed by atoms with Crippen molar-refractivity contribution in [2.75, 3.05) is 7.05 Å². The van der Waals surface area contributed by atoms with Gasteiger partial charge in [-0.15, -0.1) is 0 Å². The first-order valence-corrected chi connectivity index (χ1v) is 9.96. The Morgan fingerprint density at radius 3 is 2.80 bits per heavy atom. The van der Waals surface area contributed by atoms with Crippen LogP contribution in [0.1, 0.15) is 36.5 Å². The van der Waals surface area contributed by atoms with Crippen LogP contribution < -0.4 is 4.74 Å². The van der Waals surface area contributed by atoms with Crippen molar-refractivity contribution in [2.45, 2.75) is 26.7 Å². The second-order valence-electron chi connectivity index (χ2n) is 7.30. The molecule has 0 radical (unpaired) electrons. The molecule has 1 aliphatic heterocycles. The summed E-state index contributed by atoms with van der Waals surface area (Å²) in [5.41, 5.74) is 4.20. The Morgan fingerprint density at radius 1 is 1.23 bits per heavy atom. The predicted octanol–water partition coefficient (Wildman–Crippen LogP) is 6.40. The molecular formula is C25H26FN3O. The minimum atomic E-state index is -0.332. The van der Waals surface area contributed by atoms with E-state index in [0.717, 1.165) is 35.4 Å². The number of benzene rings is 2. The molecule has 0 amide bonds. The van der Waals surface area contributed by atoms with Gasteiger partial charge in [-0.25, -0.2) is 4.39 Å². The van der Waals surface area contributed by atoms with Gasteiger partial charge in [0.1, 0.15) is 17.3 Å². The smallest absolute Gasteiger partial charge is 0.136 e. The van der Waals surface area contributed by atoms with Crippen LogP contribution in [0.4, 0.5) is 4.39 Å². The third-order valence-corrected chi connectivity index (χ3v) is 4.86. The number of hydrogen-bond acceptors (Lipinski definition) is 4. The molecule has 1 atom stereocenters. The number of allylic oxidation sites excluding steroid dienone is 2. The van der Waals surface area contributed by atoms with Crippen molar-refractivity contribution in [1.29, 1.82) is 0 Å². The third-order valence-electron chi connectivity index (χ3n) is 4.86. The normalized spacial score (nSPS) is 17.0. The molecule has 0 aromatic heterocycles. The Labute approximate surface area is 177 Å². The summed E-state index contributed by atoms with van der Waals surface area (Å²) in [7, 11) is 1.74. The van der Waals surface area contributed by atoms with Crippen molar-refractivity contribution in [2.24, 2.45) is 21.1 Å². The number of nitrogens with zero attached hydrogens (tertiary/aromatic N) is 3. The van der Waals surface area contributed by atoms with Gasteiger partial charge in [0.2, 0.25) is 0 Å². The molecule has 30 heavy (non-hydrogen) atoms. The van der Waals surface area contributed by atoms with Gasteiger partial charge < -0.3 is 4.74 Å². The fraction of sp³-hybridized carbons (Fsp3) is 0.240. The molecule has 0 N–H and O–H groups in total. The van der Waals surface area contributed by atoms with E-state index in [1.165, 1.54) is 12.1 Å². The van der Waals surface area contributed by atoms with Gasteiger partial charge in [0.05, 0.1) is 11.4 Å². The monoisotopic (exact) mass is 403 g/mol. The van der Waals surface area contributed by atoms with E-state index < -0.39 is 0 Å². The molecule has 0 spiro atoms. The van der Waals surface area contributed by atoms with E-state index in [-0.39, 0.29) is 5.82 Å². The van der Waals surface area contributed by atoms with Gasteiger partial charge in [-0.1, -0.05) is 31.2 Å². The van der Waals surface area contributed by atoms with Crippen LogP contribution in [0, 0.1) is 18.7 Å². The van der Waals surface area contributed by atoms with Crippen molar-refractivity contribution in [3.05, 3.63) is 77.6 Å². The molecule has 1 unspecified atom stereocenters. The van der Waals surface area contributed by atoms with E-state index in [4.69, 9.17) is 4.74 Å². The fourth-order valence-corrected chi connectivity index (χ4v) is 3.12. The van der Waals surface area contributed by atoms with Gasteiger partial charge in [0.25, 0.3) is 0 Å². The van der Waals surface area contributed by atoms with E-state index >= 15 is 0 Å². The Bertz CT molecular complexity index is 1050. The minimum Gasteiger partial charge on any atom is -0.456 e. The van der Waals surface area contributed by atoms with Crippen LogP contribution >= 0.6 is 0 Å². The minimum absolute atomic E-state index is 0.332. The van der Waals surface area contributed by atoms with Crippen molar-refractivity contribution < 1.29 is 9.13 Å². The lowest BCUT2D eigenvalue weighted by molar-refractivity contribution is 0.478. The number of aryl methyl sites for hydroxylation is 1. The van der Waals surface area contributed by atoms with E-state index in [9.17, 15) is 4.39 Å². The van der Waals surface area contributed by atoms with E-state index in [1.54, 1.807) is 19.2 Å². The molecule has 4 nitrogen and oxygen atoms in total. The molecule has 3 rings (SSSR count). The van der Waals surface area contributed by atoms with Gasteiger partial charge in [-0.2, -0.15) is 10.2 Å². The third kappa shape index (κ3) is 5.38. The van der Waals surface area contributed by atoms with Crippen molar-refractivity contribution >= 4 is 23.7 Å². The van der Waals surface area contributed by atoms with Crippen LogP contribution in [0.15, 0.2) is 70.3 Å². The molecule has 1 heterocycles. The zero-order valence-electron chi connectivity index (χ0n) is 17.6. The van der Waals surface area contributed by atoms with Crippen molar-refractivity contribution in [3.8, 4) is 11.5 Å². The van der Waals surface area contributed by atoms with Crippen LogP contribution in [0.25, 0.3) is 6.08 Å². The summed E-state index contributed by atoms with van der Waals surface area (Å²) in [6, 6.07) is 10.3. The highest BCUT2D eigenvalue weighted by Crippen LogP contribution is 2.31. The lowest BCUT2D eigenvalue weighted by Crippen LogP contribution is -2.03. The van der Waals surface area contributed by atoms with Gasteiger partial charge in [0.15, 0.2) is 0 Å². The molecule has 0 saturated carbocycles. The first kappa shape index (κ1) is 21.4. The van der Waals surface area contributed by atoms with Crippen LogP contribution in [-0.4, -0.2) is 24.7 Å². The Kier molecular flexibility index (Phi) is 7.07. The van der Waals surface area contributed by atoms with Gasteiger partial charge >= 0.3 is 0 Å². The second-order valence-corrected chi connectivity index (χ2v) is 7.30. The predicted molar refractivity (Wildman–Crippen MR) is 124 cm³/mol. The maximum atomic E-state index is 13.6. The van der Waals surface area contributed by atoms with Crippen molar-refractivity contribution in [1.82, 2.24) is 0 Å². The Balaban J connectivity index is 1.92. The molecule has 5 heteroatoms. The first-order chi connectivity index (χ1) is 14.5. The summed E-state index contributed by atoms with van der Waals surface area (Å²) in [6.07, 6.45) is 9.22. The summed E-state index contributed by atoms with van der Waals surface area (Å²) >= 11 is 0. The molecule has 0 aliphatic carbocycles. The Morgan fingerprint density at radius 2 is 2.03 bits per heavy atom. The summed E-state index contributed by atoms with van der Waals surface area (Å²) < 4.78 is 19.7. The largest absolute Gasteiger partial charge is 0.456 e. The molecule has 2 aromatic rings. The number of aliphatic imine (C=N–C) groups is 1. The van der Waals surface area contributed by atoms with Crippen LogP contribution in [0.3, 0.4) is 0 Å². The standard InChI is InChI=1S/C25H26FN3O/c1-5-19-15-20(26)8-13-24(19)30-25-12-7-17(2)14-22(25)23(27-4)11-10-21-9-6-18(3)16-28-29-21/h5,7-8,10-16,18H,1,6,9H2,2-4H3/b11-10-,27-23?. The second kappa shape index (κ2) is 9.92. The lowest BCUT2D eigenvalue weighted by atomic mass is 10.0. The maximum absolute atomic E-state index is 13.6. The van der Waals surface area contributed by atoms with Gasteiger partial charge in [0, 0.05) is 24.4 Å². The molecule has 154 valence electrons. The van der Waals surface area contributed by atoms with Crippen LogP contribution in [0.5, 0.6) is 11.5 Å². The maximum Gasteiger partial charge on any atom is 0.136 e. The number of hydrogen-bond donors (Lipinski definition) is 0. The Hall–Kier alpha value is -3.34. The number of rotatable bonds is 6.